The number of hydrogen-bond acceptors (Lipinski definition) is 5. The van der Waals surface area contributed by atoms with Crippen molar-refractivity contribution in [2.45, 2.75) is 10.9 Å². The molecule has 0 saturated carbocycles. The van der Waals surface area contributed by atoms with Crippen molar-refractivity contribution in [1.29, 1.82) is 0 Å². The van der Waals surface area contributed by atoms with Gasteiger partial charge in [0.2, 0.25) is 5.76 Å². The van der Waals surface area contributed by atoms with E-state index in [1.165, 1.54) is 22.4 Å². The lowest BCUT2D eigenvalue weighted by Crippen LogP contribution is -2.12. The molecule has 0 aliphatic carbocycles. The van der Waals surface area contributed by atoms with Gasteiger partial charge in [0, 0.05) is 7.05 Å². The fraction of sp³-hybridized carbons (Fsp3) is 0.222. The average molecular weight is 255 g/mol. The summed E-state index contributed by atoms with van der Waals surface area (Å²) in [5.74, 6) is -0.279. The summed E-state index contributed by atoms with van der Waals surface area (Å²) in [7, 11) is 1.60. The number of aromatic amines is 1. The number of aromatic carboxylic acids is 1. The van der Waals surface area contributed by atoms with E-state index in [0.717, 1.165) is 0 Å². The van der Waals surface area contributed by atoms with Crippen LogP contribution in [0.1, 0.15) is 16.3 Å². The fourth-order valence-corrected chi connectivity index (χ4v) is 1.98. The molecule has 0 aromatic carbocycles. The smallest absolute Gasteiger partial charge is 0.371 e. The summed E-state index contributed by atoms with van der Waals surface area (Å²) in [6.45, 7) is 0. The third kappa shape index (κ3) is 2.41. The van der Waals surface area contributed by atoms with E-state index < -0.39 is 5.97 Å². The Morgan fingerprint density at radius 3 is 2.94 bits per heavy atom. The molecule has 2 N–H and O–H groups in total. The van der Waals surface area contributed by atoms with E-state index in [0.29, 0.717) is 16.7 Å². The van der Waals surface area contributed by atoms with Crippen molar-refractivity contribution in [3.8, 4) is 0 Å². The van der Waals surface area contributed by atoms with Gasteiger partial charge in [-0.15, -0.1) is 5.10 Å². The number of carboxylic acid groups (broad SMARTS) is 1. The Morgan fingerprint density at radius 2 is 2.41 bits per heavy atom. The van der Waals surface area contributed by atoms with Gasteiger partial charge in [-0.3, -0.25) is 4.57 Å². The SMILES string of the molecule is Cn1c(SCc2ccc(C(=O)O)o2)n[nH]c1=O. The van der Waals surface area contributed by atoms with E-state index in [2.05, 4.69) is 10.2 Å². The number of H-pyrrole nitrogens is 1. The third-order valence-electron chi connectivity index (χ3n) is 2.05. The highest BCUT2D eigenvalue weighted by atomic mass is 32.2. The summed E-state index contributed by atoms with van der Waals surface area (Å²) in [6, 6.07) is 2.98. The Hall–Kier alpha value is -1.96. The number of hydrogen-bond donors (Lipinski definition) is 2. The highest BCUT2D eigenvalue weighted by Crippen LogP contribution is 2.20. The first-order chi connectivity index (χ1) is 8.08. The maximum atomic E-state index is 11.1. The summed E-state index contributed by atoms with van der Waals surface area (Å²) in [6.07, 6.45) is 0. The Bertz CT molecular complexity index is 597. The molecule has 0 radical (unpaired) electrons. The van der Waals surface area contributed by atoms with Crippen LogP contribution in [-0.2, 0) is 12.8 Å². The van der Waals surface area contributed by atoms with E-state index in [1.807, 2.05) is 0 Å². The van der Waals surface area contributed by atoms with Gasteiger partial charge >= 0.3 is 11.7 Å². The number of nitrogens with zero attached hydrogens (tertiary/aromatic N) is 2. The summed E-state index contributed by atoms with van der Waals surface area (Å²) in [5, 5.41) is 15.3. The fourth-order valence-electron chi connectivity index (χ4n) is 1.17. The maximum absolute atomic E-state index is 11.1. The summed E-state index contributed by atoms with van der Waals surface area (Å²) in [5.41, 5.74) is -0.293. The van der Waals surface area contributed by atoms with E-state index in [1.54, 1.807) is 13.1 Å². The van der Waals surface area contributed by atoms with Crippen LogP contribution in [0.5, 0.6) is 0 Å². The van der Waals surface area contributed by atoms with Crippen LogP contribution < -0.4 is 5.69 Å². The zero-order valence-corrected chi connectivity index (χ0v) is 9.65. The first-order valence-corrected chi connectivity index (χ1v) is 5.62. The molecule has 90 valence electrons. The van der Waals surface area contributed by atoms with Gasteiger partial charge in [-0.05, 0) is 12.1 Å². The average Bonchev–Trinajstić information content (AvgIpc) is 2.86. The van der Waals surface area contributed by atoms with Gasteiger partial charge < -0.3 is 9.52 Å². The molecule has 0 fully saturated rings. The number of rotatable bonds is 4. The molecule has 0 unspecified atom stereocenters. The quantitative estimate of drug-likeness (QED) is 0.779. The number of carboxylic acids is 1. The molecule has 0 aliphatic heterocycles. The molecule has 0 aliphatic rings. The molecule has 7 nitrogen and oxygen atoms in total. The maximum Gasteiger partial charge on any atom is 0.371 e. The lowest BCUT2D eigenvalue weighted by Gasteiger charge is -1.96. The van der Waals surface area contributed by atoms with Crippen LogP contribution in [0.15, 0.2) is 26.5 Å². The first kappa shape index (κ1) is 11.5. The number of thioether (sulfide) groups is 1. The normalized spacial score (nSPS) is 10.6. The third-order valence-corrected chi connectivity index (χ3v) is 3.11. The van der Waals surface area contributed by atoms with Gasteiger partial charge in [0.05, 0.1) is 5.75 Å². The Kier molecular flexibility index (Phi) is 3.05. The molecular weight excluding hydrogens is 246 g/mol. The minimum absolute atomic E-state index is 0.100. The van der Waals surface area contributed by atoms with Crippen LogP contribution in [0.25, 0.3) is 0 Å². The van der Waals surface area contributed by atoms with Crippen molar-refractivity contribution in [2.75, 3.05) is 0 Å². The second-order valence-electron chi connectivity index (χ2n) is 3.23. The Labute approximate surface area is 99.4 Å². The van der Waals surface area contributed by atoms with Crippen LogP contribution in [0.3, 0.4) is 0 Å². The number of aromatic nitrogens is 3. The van der Waals surface area contributed by atoms with E-state index >= 15 is 0 Å². The molecule has 2 heterocycles. The molecule has 2 aromatic heterocycles. The predicted molar refractivity (Wildman–Crippen MR) is 59.1 cm³/mol. The zero-order chi connectivity index (χ0) is 12.4. The molecule has 0 amide bonds. The molecule has 2 aromatic rings. The first-order valence-electron chi connectivity index (χ1n) is 4.64. The van der Waals surface area contributed by atoms with Gasteiger partial charge in [0.1, 0.15) is 5.76 Å². The van der Waals surface area contributed by atoms with E-state index in [9.17, 15) is 9.59 Å². The van der Waals surface area contributed by atoms with Gasteiger partial charge in [0.25, 0.3) is 0 Å². The van der Waals surface area contributed by atoms with Crippen LogP contribution in [0.4, 0.5) is 0 Å². The monoisotopic (exact) mass is 255 g/mol. The van der Waals surface area contributed by atoms with Gasteiger partial charge in [-0.25, -0.2) is 14.7 Å². The highest BCUT2D eigenvalue weighted by molar-refractivity contribution is 7.98. The van der Waals surface area contributed by atoms with Crippen molar-refractivity contribution < 1.29 is 14.3 Å². The lowest BCUT2D eigenvalue weighted by atomic mass is 10.4. The Balaban J connectivity index is 2.05. The molecule has 17 heavy (non-hydrogen) atoms. The number of carbonyl (C=O) groups is 1. The van der Waals surface area contributed by atoms with Crippen LogP contribution in [-0.4, -0.2) is 25.8 Å². The molecule has 2 rings (SSSR count). The van der Waals surface area contributed by atoms with Crippen LogP contribution in [0, 0.1) is 0 Å². The van der Waals surface area contributed by atoms with Crippen molar-refractivity contribution in [3.05, 3.63) is 34.1 Å². The molecule has 0 bridgehead atoms. The van der Waals surface area contributed by atoms with Crippen LogP contribution in [0.2, 0.25) is 0 Å². The minimum Gasteiger partial charge on any atom is -0.475 e. The number of furan rings is 1. The van der Waals surface area contributed by atoms with Crippen LogP contribution >= 0.6 is 11.8 Å². The molecule has 0 saturated heterocycles. The summed E-state index contributed by atoms with van der Waals surface area (Å²) >= 11 is 1.28. The topological polar surface area (TPSA) is 101 Å². The summed E-state index contributed by atoms with van der Waals surface area (Å²) < 4.78 is 6.43. The van der Waals surface area contributed by atoms with Gasteiger partial charge in [0.15, 0.2) is 5.16 Å². The van der Waals surface area contributed by atoms with Crippen molar-refractivity contribution in [1.82, 2.24) is 14.8 Å². The second kappa shape index (κ2) is 4.50. The predicted octanol–water partition coefficient (Wildman–Crippen LogP) is 0.692. The highest BCUT2D eigenvalue weighted by Gasteiger charge is 2.10. The molecule has 8 heteroatoms. The zero-order valence-electron chi connectivity index (χ0n) is 8.84. The standard InChI is InChI=1S/C9H9N3O4S/c1-12-8(15)10-11-9(12)17-4-5-2-3-6(16-5)7(13)14/h2-3H,4H2,1H3,(H,10,15)(H,13,14). The minimum atomic E-state index is -1.10. The Morgan fingerprint density at radius 1 is 1.65 bits per heavy atom. The van der Waals surface area contributed by atoms with Crippen molar-refractivity contribution in [2.24, 2.45) is 7.05 Å². The van der Waals surface area contributed by atoms with E-state index in [-0.39, 0.29) is 11.4 Å². The number of nitrogens with one attached hydrogen (secondary N) is 1. The lowest BCUT2D eigenvalue weighted by molar-refractivity contribution is 0.0661. The molecular formula is C9H9N3O4S. The van der Waals surface area contributed by atoms with Crippen molar-refractivity contribution >= 4 is 17.7 Å². The van der Waals surface area contributed by atoms with E-state index in [4.69, 9.17) is 9.52 Å². The van der Waals surface area contributed by atoms with Gasteiger partial charge in [-0.2, -0.15) is 0 Å². The second-order valence-corrected chi connectivity index (χ2v) is 4.17. The molecule has 0 atom stereocenters. The summed E-state index contributed by atoms with van der Waals surface area (Å²) in [4.78, 5) is 21.7. The van der Waals surface area contributed by atoms with Gasteiger partial charge in [-0.1, -0.05) is 11.8 Å². The molecule has 0 spiro atoms. The largest absolute Gasteiger partial charge is 0.475 e. The van der Waals surface area contributed by atoms with Crippen molar-refractivity contribution in [3.63, 3.8) is 0 Å².